The van der Waals surface area contributed by atoms with Gasteiger partial charge in [0.2, 0.25) is 6.29 Å². The van der Waals surface area contributed by atoms with Crippen LogP contribution in [0.15, 0.2) is 24.3 Å². The van der Waals surface area contributed by atoms with Crippen LogP contribution in [0.5, 0.6) is 0 Å². The van der Waals surface area contributed by atoms with Gasteiger partial charge in [-0.05, 0) is 31.9 Å². The summed E-state index contributed by atoms with van der Waals surface area (Å²) in [4.78, 5) is 0. The molecule has 1 N–H and O–H groups in total. The zero-order valence-electron chi connectivity index (χ0n) is 11.9. The van der Waals surface area contributed by atoms with Gasteiger partial charge in [0.15, 0.2) is 5.79 Å². The first-order chi connectivity index (χ1) is 9.24. The van der Waals surface area contributed by atoms with E-state index in [-0.39, 0.29) is 0 Å². The van der Waals surface area contributed by atoms with Crippen LogP contribution in [-0.4, -0.2) is 27.5 Å². The lowest BCUT2D eigenvalue weighted by molar-refractivity contribution is -0.167. The number of rotatable bonds is 4. The number of aryl methyl sites for hydroxylation is 1. The fraction of sp³-hybridized carbons (Fsp3) is 0.538. The van der Waals surface area contributed by atoms with E-state index in [4.69, 9.17) is 13.7 Å². The molecule has 1 aromatic rings. The van der Waals surface area contributed by atoms with Crippen LogP contribution >= 0.6 is 0 Å². The average Bonchev–Trinajstić information content (AvgIpc) is 2.64. The number of ether oxygens (including phenoxy) is 2. The molecule has 20 heavy (non-hydrogen) atoms. The lowest BCUT2D eigenvalue weighted by atomic mass is 10.0. The second kappa shape index (κ2) is 5.42. The Labute approximate surface area is 119 Å². The molecule has 0 aromatic heterocycles. The monoisotopic (exact) mass is 301 g/mol. The van der Waals surface area contributed by atoms with Crippen molar-refractivity contribution < 1.29 is 22.1 Å². The SMILES string of the molecule is CNS(=O)(=O)OC1OC(C)(C)OC1c1ccccc1C. The first kappa shape index (κ1) is 15.4. The Bertz CT molecular complexity index is 584. The molecule has 1 aliphatic rings. The topological polar surface area (TPSA) is 73.9 Å². The Balaban J connectivity index is 2.32. The minimum atomic E-state index is -3.86. The lowest BCUT2D eigenvalue weighted by Gasteiger charge is -2.18. The Kier molecular flexibility index (Phi) is 4.17. The van der Waals surface area contributed by atoms with Gasteiger partial charge in [-0.25, -0.2) is 4.18 Å². The molecular weight excluding hydrogens is 282 g/mol. The molecule has 0 aliphatic carbocycles. The highest BCUT2D eigenvalue weighted by Gasteiger charge is 2.45. The standard InChI is InChI=1S/C13H19NO5S/c1-9-7-5-6-8-10(9)11-12(18-13(2,3)17-11)19-20(15,16)14-4/h5-8,11-12,14H,1-4H3. The van der Waals surface area contributed by atoms with E-state index < -0.39 is 28.5 Å². The molecule has 1 aromatic carbocycles. The van der Waals surface area contributed by atoms with Gasteiger partial charge in [-0.3, -0.25) is 0 Å². The molecule has 0 spiro atoms. The fourth-order valence-electron chi connectivity index (χ4n) is 2.09. The number of hydrogen-bond acceptors (Lipinski definition) is 5. The molecule has 7 heteroatoms. The quantitative estimate of drug-likeness (QED) is 0.915. The summed E-state index contributed by atoms with van der Waals surface area (Å²) in [6.07, 6.45) is -1.63. The summed E-state index contributed by atoms with van der Waals surface area (Å²) in [5.74, 6) is -0.916. The van der Waals surface area contributed by atoms with Gasteiger partial charge in [0.05, 0.1) is 0 Å². The first-order valence-electron chi connectivity index (χ1n) is 6.27. The maximum atomic E-state index is 11.6. The van der Waals surface area contributed by atoms with Gasteiger partial charge >= 0.3 is 10.3 Å². The van der Waals surface area contributed by atoms with Gasteiger partial charge in [0.25, 0.3) is 0 Å². The van der Waals surface area contributed by atoms with Gasteiger partial charge in [0, 0.05) is 7.05 Å². The summed E-state index contributed by atoms with van der Waals surface area (Å²) in [5, 5.41) is 0. The van der Waals surface area contributed by atoms with Crippen LogP contribution in [0.4, 0.5) is 0 Å². The molecule has 2 rings (SSSR count). The summed E-state index contributed by atoms with van der Waals surface area (Å²) >= 11 is 0. The third-order valence-electron chi connectivity index (χ3n) is 3.02. The van der Waals surface area contributed by atoms with Gasteiger partial charge in [-0.15, -0.1) is 0 Å². The van der Waals surface area contributed by atoms with Gasteiger partial charge in [-0.1, -0.05) is 24.3 Å². The second-order valence-corrected chi connectivity index (χ2v) is 6.54. The maximum Gasteiger partial charge on any atom is 0.338 e. The van der Waals surface area contributed by atoms with Gasteiger partial charge in [0.1, 0.15) is 6.10 Å². The molecule has 1 heterocycles. The molecule has 2 unspecified atom stereocenters. The van der Waals surface area contributed by atoms with Crippen molar-refractivity contribution in [3.8, 4) is 0 Å². The van der Waals surface area contributed by atoms with Crippen LogP contribution in [0, 0.1) is 6.92 Å². The molecule has 0 radical (unpaired) electrons. The Morgan fingerprint density at radius 2 is 1.90 bits per heavy atom. The van der Waals surface area contributed by atoms with E-state index in [9.17, 15) is 8.42 Å². The van der Waals surface area contributed by atoms with E-state index in [0.29, 0.717) is 0 Å². The second-order valence-electron chi connectivity index (χ2n) is 5.04. The Hall–Kier alpha value is -0.990. The number of benzene rings is 1. The van der Waals surface area contributed by atoms with E-state index in [0.717, 1.165) is 11.1 Å². The van der Waals surface area contributed by atoms with Crippen molar-refractivity contribution in [2.24, 2.45) is 0 Å². The van der Waals surface area contributed by atoms with E-state index in [2.05, 4.69) is 4.72 Å². The van der Waals surface area contributed by atoms with E-state index in [1.54, 1.807) is 13.8 Å². The molecule has 1 saturated heterocycles. The van der Waals surface area contributed by atoms with Crippen molar-refractivity contribution in [2.45, 2.75) is 39.0 Å². The van der Waals surface area contributed by atoms with Crippen molar-refractivity contribution in [3.63, 3.8) is 0 Å². The van der Waals surface area contributed by atoms with Crippen LogP contribution in [-0.2, 0) is 24.0 Å². The highest BCUT2D eigenvalue weighted by Crippen LogP contribution is 2.40. The number of hydrogen-bond donors (Lipinski definition) is 1. The first-order valence-corrected chi connectivity index (χ1v) is 7.68. The average molecular weight is 301 g/mol. The molecule has 1 fully saturated rings. The Morgan fingerprint density at radius 1 is 1.25 bits per heavy atom. The fourth-order valence-corrected chi connectivity index (χ4v) is 2.58. The molecule has 2 atom stereocenters. The highest BCUT2D eigenvalue weighted by molar-refractivity contribution is 7.84. The maximum absolute atomic E-state index is 11.6. The van der Waals surface area contributed by atoms with Crippen LogP contribution in [0.2, 0.25) is 0 Å². The van der Waals surface area contributed by atoms with Crippen LogP contribution in [0.1, 0.15) is 31.1 Å². The molecule has 0 amide bonds. The normalized spacial score (nSPS) is 25.8. The minimum absolute atomic E-state index is 0.602. The van der Waals surface area contributed by atoms with Crippen molar-refractivity contribution in [1.82, 2.24) is 4.72 Å². The third kappa shape index (κ3) is 3.36. The molecule has 0 saturated carbocycles. The summed E-state index contributed by atoms with van der Waals surface area (Å²) in [5.41, 5.74) is 1.82. The van der Waals surface area contributed by atoms with Gasteiger partial charge < -0.3 is 9.47 Å². The molecular formula is C13H19NO5S. The molecule has 112 valence electrons. The zero-order valence-corrected chi connectivity index (χ0v) is 12.7. The summed E-state index contributed by atoms with van der Waals surface area (Å²) in [6.45, 7) is 5.36. The number of nitrogens with one attached hydrogen (secondary N) is 1. The minimum Gasteiger partial charge on any atom is -0.337 e. The van der Waals surface area contributed by atoms with E-state index >= 15 is 0 Å². The van der Waals surface area contributed by atoms with Crippen LogP contribution in [0.25, 0.3) is 0 Å². The zero-order chi connectivity index (χ0) is 15.0. The van der Waals surface area contributed by atoms with Crippen molar-refractivity contribution in [1.29, 1.82) is 0 Å². The van der Waals surface area contributed by atoms with Crippen molar-refractivity contribution in [3.05, 3.63) is 35.4 Å². The molecule has 0 bridgehead atoms. The van der Waals surface area contributed by atoms with Crippen LogP contribution < -0.4 is 4.72 Å². The smallest absolute Gasteiger partial charge is 0.337 e. The predicted molar refractivity (Wildman–Crippen MR) is 73.0 cm³/mol. The van der Waals surface area contributed by atoms with Crippen molar-refractivity contribution >= 4 is 10.3 Å². The third-order valence-corrected chi connectivity index (χ3v) is 3.97. The van der Waals surface area contributed by atoms with E-state index in [1.807, 2.05) is 31.2 Å². The van der Waals surface area contributed by atoms with Crippen molar-refractivity contribution in [2.75, 3.05) is 7.05 Å². The van der Waals surface area contributed by atoms with Crippen LogP contribution in [0.3, 0.4) is 0 Å². The van der Waals surface area contributed by atoms with E-state index in [1.165, 1.54) is 7.05 Å². The lowest BCUT2D eigenvalue weighted by Crippen LogP contribution is -2.31. The highest BCUT2D eigenvalue weighted by atomic mass is 32.2. The Morgan fingerprint density at radius 3 is 2.50 bits per heavy atom. The van der Waals surface area contributed by atoms with Gasteiger partial charge in [-0.2, -0.15) is 13.1 Å². The molecule has 1 aliphatic heterocycles. The summed E-state index contributed by atoms with van der Waals surface area (Å²) < 4.78 is 41.6. The predicted octanol–water partition coefficient (Wildman–Crippen LogP) is 1.63. The largest absolute Gasteiger partial charge is 0.338 e. The summed E-state index contributed by atoms with van der Waals surface area (Å²) in [6, 6.07) is 7.56. The molecule has 6 nitrogen and oxygen atoms in total. The summed E-state index contributed by atoms with van der Waals surface area (Å²) in [7, 11) is -2.59.